The van der Waals surface area contributed by atoms with Gasteiger partial charge in [-0.15, -0.1) is 0 Å². The fraction of sp³-hybridized carbons (Fsp3) is 0.267. The maximum Gasteiger partial charge on any atom is 0.185 e. The topological polar surface area (TPSA) is 22.0 Å². The van der Waals surface area contributed by atoms with Crippen LogP contribution in [0.1, 0.15) is 22.4 Å². The minimum absolute atomic E-state index is 0.0602. The maximum absolute atomic E-state index is 11.8. The number of hydrogen-bond donors (Lipinski definition) is 1. The Morgan fingerprint density at radius 3 is 2.33 bits per heavy atom. The molecule has 18 heavy (non-hydrogen) atoms. The summed E-state index contributed by atoms with van der Waals surface area (Å²) in [4.78, 5) is 11.8. The first-order valence-electron chi connectivity index (χ1n) is 5.94. The number of rotatable bonds is 2. The van der Waals surface area contributed by atoms with Gasteiger partial charge in [0.1, 0.15) is 0 Å². The maximum atomic E-state index is 11.8. The van der Waals surface area contributed by atoms with Gasteiger partial charge in [-0.25, -0.2) is 0 Å². The van der Waals surface area contributed by atoms with Gasteiger partial charge in [-0.05, 0) is 31.9 Å². The van der Waals surface area contributed by atoms with E-state index in [9.17, 15) is 4.79 Å². The summed E-state index contributed by atoms with van der Waals surface area (Å²) in [5, 5.41) is 0. The molecule has 2 aromatic rings. The lowest BCUT2D eigenvalue weighted by atomic mass is 10.1. The van der Waals surface area contributed by atoms with E-state index in [1.807, 2.05) is 19.2 Å². The second-order valence-electron chi connectivity index (χ2n) is 4.57. The van der Waals surface area contributed by atoms with Crippen molar-refractivity contribution < 1.29 is 0 Å². The molecule has 94 valence electrons. The van der Waals surface area contributed by atoms with E-state index in [0.29, 0.717) is 5.75 Å². The zero-order chi connectivity index (χ0) is 13.3. The van der Waals surface area contributed by atoms with Crippen LogP contribution >= 0.6 is 12.6 Å². The normalized spacial score (nSPS) is 10.7. The van der Waals surface area contributed by atoms with Crippen LogP contribution in [0.2, 0.25) is 0 Å². The number of para-hydroxylation sites is 1. The van der Waals surface area contributed by atoms with Crippen molar-refractivity contribution in [2.45, 2.75) is 26.5 Å². The molecule has 0 unspecified atom stereocenters. The van der Waals surface area contributed by atoms with Gasteiger partial charge < -0.3 is 4.57 Å². The fourth-order valence-electron chi connectivity index (χ4n) is 2.22. The third kappa shape index (κ3) is 2.23. The van der Waals surface area contributed by atoms with Crippen LogP contribution in [0.15, 0.2) is 35.3 Å². The van der Waals surface area contributed by atoms with Crippen molar-refractivity contribution in [2.24, 2.45) is 0 Å². The molecule has 0 saturated heterocycles. The molecule has 0 N–H and O–H groups in total. The van der Waals surface area contributed by atoms with E-state index in [4.69, 9.17) is 0 Å². The molecule has 0 aliphatic carbocycles. The Hall–Kier alpha value is -1.48. The van der Waals surface area contributed by atoms with Crippen LogP contribution in [0, 0.1) is 20.8 Å². The zero-order valence-electron chi connectivity index (χ0n) is 10.9. The monoisotopic (exact) mass is 259 g/mol. The third-order valence-electron chi connectivity index (χ3n) is 3.17. The van der Waals surface area contributed by atoms with Crippen LogP contribution in [0.5, 0.6) is 0 Å². The Morgan fingerprint density at radius 2 is 1.78 bits per heavy atom. The summed E-state index contributed by atoms with van der Waals surface area (Å²) < 4.78 is 2.08. The number of nitrogens with zero attached hydrogens (tertiary/aromatic N) is 1. The summed E-state index contributed by atoms with van der Waals surface area (Å²) in [6.45, 7) is 6.12. The predicted molar refractivity (Wildman–Crippen MR) is 78.9 cm³/mol. The summed E-state index contributed by atoms with van der Waals surface area (Å²) in [6, 6.07) is 7.89. The minimum Gasteiger partial charge on any atom is -0.320 e. The van der Waals surface area contributed by atoms with Gasteiger partial charge >= 0.3 is 0 Å². The summed E-state index contributed by atoms with van der Waals surface area (Å²) in [5.41, 5.74) is 5.29. The van der Waals surface area contributed by atoms with E-state index < -0.39 is 0 Å². The van der Waals surface area contributed by atoms with Crippen LogP contribution in [-0.4, -0.2) is 4.57 Å². The molecule has 0 aliphatic rings. The average molecular weight is 259 g/mol. The van der Waals surface area contributed by atoms with Crippen molar-refractivity contribution in [1.82, 2.24) is 4.57 Å². The molecule has 0 saturated carbocycles. The highest BCUT2D eigenvalue weighted by Crippen LogP contribution is 2.20. The molecule has 0 bridgehead atoms. The van der Waals surface area contributed by atoms with Gasteiger partial charge in [0.2, 0.25) is 0 Å². The van der Waals surface area contributed by atoms with Crippen molar-refractivity contribution >= 4 is 12.6 Å². The van der Waals surface area contributed by atoms with Crippen molar-refractivity contribution in [3.05, 3.63) is 63.1 Å². The standard InChI is InChI=1S/C15H17NOS/c1-10-5-4-6-11(2)15(10)16-8-13(9-18)14(17)7-12(16)3/h4-8,18H,9H2,1-3H3. The van der Waals surface area contributed by atoms with Crippen LogP contribution in [0.4, 0.5) is 0 Å². The zero-order valence-corrected chi connectivity index (χ0v) is 11.8. The van der Waals surface area contributed by atoms with E-state index in [1.165, 1.54) is 11.1 Å². The SMILES string of the molecule is Cc1cccc(C)c1-n1cc(CS)c(=O)cc1C. The molecule has 0 aliphatic heterocycles. The number of benzene rings is 1. The molecule has 0 fully saturated rings. The van der Waals surface area contributed by atoms with Gasteiger partial charge in [0, 0.05) is 29.3 Å². The number of aryl methyl sites for hydroxylation is 3. The van der Waals surface area contributed by atoms with Gasteiger partial charge in [0.15, 0.2) is 5.43 Å². The van der Waals surface area contributed by atoms with E-state index in [-0.39, 0.29) is 5.43 Å². The Balaban J connectivity index is 2.75. The molecule has 0 radical (unpaired) electrons. The second-order valence-corrected chi connectivity index (χ2v) is 4.89. The Kier molecular flexibility index (Phi) is 3.62. The van der Waals surface area contributed by atoms with Crippen molar-refractivity contribution in [1.29, 1.82) is 0 Å². The molecule has 1 aromatic carbocycles. The summed E-state index contributed by atoms with van der Waals surface area (Å²) >= 11 is 4.21. The van der Waals surface area contributed by atoms with Crippen LogP contribution < -0.4 is 5.43 Å². The average Bonchev–Trinajstić information content (AvgIpc) is 2.31. The lowest BCUT2D eigenvalue weighted by Crippen LogP contribution is -2.14. The van der Waals surface area contributed by atoms with E-state index in [0.717, 1.165) is 16.9 Å². The van der Waals surface area contributed by atoms with Crippen LogP contribution in [-0.2, 0) is 5.75 Å². The molecule has 2 nitrogen and oxygen atoms in total. The van der Waals surface area contributed by atoms with Gasteiger partial charge in [-0.2, -0.15) is 12.6 Å². The first-order chi connectivity index (χ1) is 8.54. The molecule has 0 spiro atoms. The molecule has 3 heteroatoms. The van der Waals surface area contributed by atoms with Crippen molar-refractivity contribution in [3.8, 4) is 5.69 Å². The van der Waals surface area contributed by atoms with Crippen molar-refractivity contribution in [3.63, 3.8) is 0 Å². The Labute approximate surface area is 113 Å². The number of aromatic nitrogens is 1. The summed E-state index contributed by atoms with van der Waals surface area (Å²) in [6.07, 6.45) is 1.90. The second kappa shape index (κ2) is 5.02. The largest absolute Gasteiger partial charge is 0.320 e. The number of hydrogen-bond acceptors (Lipinski definition) is 2. The van der Waals surface area contributed by atoms with E-state index >= 15 is 0 Å². The van der Waals surface area contributed by atoms with Gasteiger partial charge in [0.25, 0.3) is 0 Å². The summed E-state index contributed by atoms with van der Waals surface area (Å²) in [7, 11) is 0. The highest BCUT2D eigenvalue weighted by molar-refractivity contribution is 7.79. The van der Waals surface area contributed by atoms with Gasteiger partial charge in [0.05, 0.1) is 5.69 Å². The first kappa shape index (κ1) is 13.0. The first-order valence-corrected chi connectivity index (χ1v) is 6.57. The van der Waals surface area contributed by atoms with Crippen molar-refractivity contribution in [2.75, 3.05) is 0 Å². The molecule has 0 amide bonds. The molecule has 2 rings (SSSR count). The van der Waals surface area contributed by atoms with Gasteiger partial charge in [-0.1, -0.05) is 18.2 Å². The Bertz CT molecular complexity index is 623. The quantitative estimate of drug-likeness (QED) is 0.822. The molecular formula is C15H17NOS. The lowest BCUT2D eigenvalue weighted by molar-refractivity contribution is 0.937. The number of thiol groups is 1. The fourth-order valence-corrected chi connectivity index (χ4v) is 2.46. The Morgan fingerprint density at radius 1 is 1.17 bits per heavy atom. The van der Waals surface area contributed by atoms with E-state index in [2.05, 4.69) is 43.2 Å². The third-order valence-corrected chi connectivity index (χ3v) is 3.51. The van der Waals surface area contributed by atoms with Crippen LogP contribution in [0.25, 0.3) is 5.69 Å². The molecular weight excluding hydrogens is 242 g/mol. The number of pyridine rings is 1. The highest BCUT2D eigenvalue weighted by Gasteiger charge is 2.08. The van der Waals surface area contributed by atoms with Gasteiger partial charge in [-0.3, -0.25) is 4.79 Å². The summed E-state index contributed by atoms with van der Waals surface area (Å²) in [5.74, 6) is 0.462. The van der Waals surface area contributed by atoms with Crippen LogP contribution in [0.3, 0.4) is 0 Å². The molecule has 1 heterocycles. The minimum atomic E-state index is 0.0602. The lowest BCUT2D eigenvalue weighted by Gasteiger charge is -2.17. The molecule has 1 aromatic heterocycles. The predicted octanol–water partition coefficient (Wildman–Crippen LogP) is 3.19. The smallest absolute Gasteiger partial charge is 0.185 e. The van der Waals surface area contributed by atoms with E-state index in [1.54, 1.807) is 6.07 Å². The molecule has 0 atom stereocenters. The highest BCUT2D eigenvalue weighted by atomic mass is 32.1.